The van der Waals surface area contributed by atoms with Crippen LogP contribution in [0.3, 0.4) is 0 Å². The fourth-order valence-electron chi connectivity index (χ4n) is 2.69. The molecular weight excluding hydrogens is 320 g/mol. The second-order valence-electron chi connectivity index (χ2n) is 7.31. The Kier molecular flexibility index (Phi) is 11.6. The molecule has 0 saturated carbocycles. The van der Waals surface area contributed by atoms with Gasteiger partial charge in [0.2, 0.25) is 0 Å². The van der Waals surface area contributed by atoms with Gasteiger partial charge in [-0.05, 0) is 39.0 Å². The highest BCUT2D eigenvalue weighted by Crippen LogP contribution is 2.28. The van der Waals surface area contributed by atoms with Gasteiger partial charge in [0.15, 0.2) is 0 Å². The van der Waals surface area contributed by atoms with Crippen LogP contribution in [0.25, 0.3) is 0 Å². The highest BCUT2D eigenvalue weighted by Gasteiger charge is 2.34. The molecule has 3 unspecified atom stereocenters. The minimum absolute atomic E-state index is 0.00844. The lowest BCUT2D eigenvalue weighted by atomic mass is 9.76. The smallest absolute Gasteiger partial charge is 0.330 e. The molecule has 0 amide bonds. The maximum atomic E-state index is 12.7. The van der Waals surface area contributed by atoms with Gasteiger partial charge < -0.3 is 14.6 Å². The van der Waals surface area contributed by atoms with Gasteiger partial charge in [-0.2, -0.15) is 0 Å². The average Bonchev–Trinajstić information content (AvgIpc) is 2.60. The zero-order chi connectivity index (χ0) is 19.5. The van der Waals surface area contributed by atoms with Gasteiger partial charge in [-0.25, -0.2) is 4.79 Å². The van der Waals surface area contributed by atoms with Gasteiger partial charge in [0.1, 0.15) is 5.78 Å². The Morgan fingerprint density at radius 2 is 1.76 bits per heavy atom. The number of allylic oxidation sites excluding steroid dienone is 1. The molecule has 0 radical (unpaired) electrons. The number of aliphatic hydroxyl groups excluding tert-OH is 1. The molecule has 0 aliphatic rings. The van der Waals surface area contributed by atoms with Gasteiger partial charge in [0.25, 0.3) is 0 Å². The molecule has 0 aromatic carbocycles. The molecule has 0 aromatic heterocycles. The number of carbonyl (C=O) groups is 2. The van der Waals surface area contributed by atoms with Crippen molar-refractivity contribution in [2.24, 2.45) is 17.3 Å². The molecule has 0 aliphatic carbocycles. The molecule has 0 aromatic rings. The second kappa shape index (κ2) is 12.2. The minimum Gasteiger partial charge on any atom is -0.466 e. The third kappa shape index (κ3) is 9.17. The number of ketones is 1. The van der Waals surface area contributed by atoms with Crippen molar-refractivity contribution in [3.63, 3.8) is 0 Å². The van der Waals surface area contributed by atoms with Crippen LogP contribution >= 0.6 is 0 Å². The third-order valence-corrected chi connectivity index (χ3v) is 4.57. The number of esters is 1. The molecule has 0 heterocycles. The summed E-state index contributed by atoms with van der Waals surface area (Å²) in [6.07, 6.45) is 5.95. The molecule has 0 spiro atoms. The number of carbonyl (C=O) groups excluding carboxylic acids is 2. The predicted molar refractivity (Wildman–Crippen MR) is 99.2 cm³/mol. The first-order valence-electron chi connectivity index (χ1n) is 9.24. The van der Waals surface area contributed by atoms with Crippen LogP contribution in [0.1, 0.15) is 60.3 Å². The van der Waals surface area contributed by atoms with Crippen LogP contribution < -0.4 is 0 Å². The van der Waals surface area contributed by atoms with E-state index in [9.17, 15) is 14.7 Å². The summed E-state index contributed by atoms with van der Waals surface area (Å²) >= 11 is 0. The van der Waals surface area contributed by atoms with Crippen LogP contribution in [-0.2, 0) is 19.1 Å². The van der Waals surface area contributed by atoms with Crippen molar-refractivity contribution in [2.45, 2.75) is 66.4 Å². The zero-order valence-corrected chi connectivity index (χ0v) is 16.7. The Hall–Kier alpha value is -1.20. The van der Waals surface area contributed by atoms with Crippen molar-refractivity contribution >= 4 is 11.8 Å². The summed E-state index contributed by atoms with van der Waals surface area (Å²) in [5.74, 6) is -1.08. The first kappa shape index (κ1) is 23.8. The molecule has 146 valence electrons. The Bertz CT molecular complexity index is 428. The van der Waals surface area contributed by atoms with E-state index in [1.807, 2.05) is 6.92 Å². The van der Waals surface area contributed by atoms with Gasteiger partial charge in [-0.15, -0.1) is 0 Å². The first-order chi connectivity index (χ1) is 11.7. The van der Waals surface area contributed by atoms with Crippen molar-refractivity contribution in [2.75, 3.05) is 20.3 Å². The molecule has 0 saturated heterocycles. The number of rotatable bonds is 13. The standard InChI is InChI=1S/C20H36O5/c1-7-8-13-25-14-9-10-15(2)18(22)16(3)19(23)20(4,5)12-11-17(21)24-6/h11-12,15-16,18,22H,7-10,13-14H2,1-6H3. The molecule has 0 rings (SSSR count). The van der Waals surface area contributed by atoms with Crippen LogP contribution in [0.4, 0.5) is 0 Å². The molecule has 5 nitrogen and oxygen atoms in total. The van der Waals surface area contributed by atoms with Crippen LogP contribution in [0.15, 0.2) is 12.2 Å². The Morgan fingerprint density at radius 3 is 2.32 bits per heavy atom. The van der Waals surface area contributed by atoms with Crippen molar-refractivity contribution in [1.29, 1.82) is 0 Å². The maximum Gasteiger partial charge on any atom is 0.330 e. The van der Waals surface area contributed by atoms with Crippen LogP contribution in [0, 0.1) is 17.3 Å². The summed E-state index contributed by atoms with van der Waals surface area (Å²) in [5, 5.41) is 10.5. The molecule has 0 aliphatic heterocycles. The second-order valence-corrected chi connectivity index (χ2v) is 7.31. The van der Waals surface area contributed by atoms with E-state index in [0.29, 0.717) is 6.61 Å². The van der Waals surface area contributed by atoms with E-state index in [0.717, 1.165) is 32.3 Å². The summed E-state index contributed by atoms with van der Waals surface area (Å²) < 4.78 is 10.1. The Labute approximate surface area is 152 Å². The van der Waals surface area contributed by atoms with Crippen LogP contribution in [0.2, 0.25) is 0 Å². The molecule has 25 heavy (non-hydrogen) atoms. The van der Waals surface area contributed by atoms with E-state index in [-0.39, 0.29) is 11.7 Å². The van der Waals surface area contributed by atoms with Crippen molar-refractivity contribution in [3.8, 4) is 0 Å². The Morgan fingerprint density at radius 1 is 1.16 bits per heavy atom. The molecule has 5 heteroatoms. The van der Waals surface area contributed by atoms with Crippen molar-refractivity contribution in [1.82, 2.24) is 0 Å². The quantitative estimate of drug-likeness (QED) is 0.310. The van der Waals surface area contributed by atoms with E-state index in [1.165, 1.54) is 19.3 Å². The maximum absolute atomic E-state index is 12.7. The van der Waals surface area contributed by atoms with Crippen molar-refractivity contribution in [3.05, 3.63) is 12.2 Å². The minimum atomic E-state index is -0.836. The first-order valence-corrected chi connectivity index (χ1v) is 9.24. The van der Waals surface area contributed by atoms with Crippen molar-refractivity contribution < 1.29 is 24.2 Å². The number of aliphatic hydroxyl groups is 1. The molecule has 3 atom stereocenters. The fraction of sp³-hybridized carbons (Fsp3) is 0.800. The number of unbranched alkanes of at least 4 members (excludes halogenated alkanes) is 1. The number of hydrogen-bond acceptors (Lipinski definition) is 5. The van der Waals surface area contributed by atoms with Crippen LogP contribution in [-0.4, -0.2) is 43.3 Å². The number of methoxy groups -OCH3 is 1. The highest BCUT2D eigenvalue weighted by molar-refractivity contribution is 5.90. The zero-order valence-electron chi connectivity index (χ0n) is 16.7. The lowest BCUT2D eigenvalue weighted by Gasteiger charge is -2.29. The van der Waals surface area contributed by atoms with Gasteiger partial charge >= 0.3 is 5.97 Å². The molecular formula is C20H36O5. The predicted octanol–water partition coefficient (Wildman–Crippen LogP) is 3.54. The highest BCUT2D eigenvalue weighted by atomic mass is 16.5. The summed E-state index contributed by atoms with van der Waals surface area (Å²) in [6.45, 7) is 10.8. The number of ether oxygens (including phenoxy) is 2. The van der Waals surface area contributed by atoms with Gasteiger partial charge in [-0.3, -0.25) is 4.79 Å². The van der Waals surface area contributed by atoms with E-state index >= 15 is 0 Å². The van der Waals surface area contributed by atoms with Gasteiger partial charge in [-0.1, -0.05) is 33.3 Å². The monoisotopic (exact) mass is 356 g/mol. The molecule has 0 fully saturated rings. The lowest BCUT2D eigenvalue weighted by molar-refractivity contribution is -0.134. The molecule has 1 N–H and O–H groups in total. The topological polar surface area (TPSA) is 72.8 Å². The SMILES string of the molecule is CCCCOCCCC(C)C(O)C(C)C(=O)C(C)(C)C=CC(=O)OC. The lowest BCUT2D eigenvalue weighted by Crippen LogP contribution is -2.38. The largest absolute Gasteiger partial charge is 0.466 e. The number of Topliss-reactive ketones (excluding diaryl/α,β-unsaturated/α-hetero) is 1. The summed E-state index contributed by atoms with van der Waals surface area (Å²) in [6, 6.07) is 0. The Balaban J connectivity index is 4.49. The van der Waals surface area contributed by atoms with E-state index in [1.54, 1.807) is 20.8 Å². The third-order valence-electron chi connectivity index (χ3n) is 4.57. The molecule has 0 bridgehead atoms. The van der Waals surface area contributed by atoms with Crippen LogP contribution in [0.5, 0.6) is 0 Å². The number of hydrogen-bond donors (Lipinski definition) is 1. The fourth-order valence-corrected chi connectivity index (χ4v) is 2.69. The van der Waals surface area contributed by atoms with E-state index < -0.39 is 23.4 Å². The summed E-state index contributed by atoms with van der Waals surface area (Å²) in [5.41, 5.74) is -0.836. The normalized spacial score (nSPS) is 15.8. The van der Waals surface area contributed by atoms with E-state index in [4.69, 9.17) is 4.74 Å². The summed E-state index contributed by atoms with van der Waals surface area (Å²) in [7, 11) is 1.29. The van der Waals surface area contributed by atoms with E-state index in [2.05, 4.69) is 11.7 Å². The van der Waals surface area contributed by atoms with Gasteiger partial charge in [0, 0.05) is 30.6 Å². The average molecular weight is 357 g/mol. The summed E-state index contributed by atoms with van der Waals surface area (Å²) in [4.78, 5) is 23.9. The van der Waals surface area contributed by atoms with Gasteiger partial charge in [0.05, 0.1) is 13.2 Å².